The average molecular weight is 306 g/mol. The van der Waals surface area contributed by atoms with Crippen molar-refractivity contribution in [1.29, 1.82) is 0 Å². The normalized spacial score (nSPS) is 22.5. The standard InChI is InChI=1S/C14H22N6O2/c1-2-10-7-11(22-18-10)9-19-3-5-20(6-4-19)12-8-13(21)17-14(15)16-12/h8,11H,2-7,9H2,1H3,(H3,15,16,17,21)/t11-/m1/s1. The first kappa shape index (κ1) is 14.8. The van der Waals surface area contributed by atoms with Gasteiger partial charge in [-0.3, -0.25) is 14.7 Å². The Kier molecular flexibility index (Phi) is 4.28. The van der Waals surface area contributed by atoms with Crippen molar-refractivity contribution in [2.75, 3.05) is 43.4 Å². The molecule has 120 valence electrons. The fourth-order valence-corrected chi connectivity index (χ4v) is 2.87. The van der Waals surface area contributed by atoms with Crippen LogP contribution in [0.15, 0.2) is 16.0 Å². The van der Waals surface area contributed by atoms with E-state index >= 15 is 0 Å². The quantitative estimate of drug-likeness (QED) is 0.814. The summed E-state index contributed by atoms with van der Waals surface area (Å²) in [6, 6.07) is 1.49. The summed E-state index contributed by atoms with van der Waals surface area (Å²) in [5.41, 5.74) is 6.53. The van der Waals surface area contributed by atoms with E-state index in [0.717, 1.165) is 51.3 Å². The van der Waals surface area contributed by atoms with Crippen LogP contribution in [-0.2, 0) is 4.84 Å². The summed E-state index contributed by atoms with van der Waals surface area (Å²) in [7, 11) is 0. The number of hydrogen-bond donors (Lipinski definition) is 2. The van der Waals surface area contributed by atoms with Crippen LogP contribution < -0.4 is 16.2 Å². The number of H-pyrrole nitrogens is 1. The highest BCUT2D eigenvalue weighted by Crippen LogP contribution is 2.16. The van der Waals surface area contributed by atoms with Gasteiger partial charge in [0.15, 0.2) is 0 Å². The molecule has 8 nitrogen and oxygen atoms in total. The van der Waals surface area contributed by atoms with Gasteiger partial charge in [0.1, 0.15) is 11.9 Å². The molecule has 0 aliphatic carbocycles. The van der Waals surface area contributed by atoms with Crippen molar-refractivity contribution in [1.82, 2.24) is 14.9 Å². The lowest BCUT2D eigenvalue weighted by Gasteiger charge is -2.35. The minimum atomic E-state index is -0.214. The third kappa shape index (κ3) is 3.38. The van der Waals surface area contributed by atoms with Crippen LogP contribution in [0.5, 0.6) is 0 Å². The van der Waals surface area contributed by atoms with E-state index in [0.29, 0.717) is 5.82 Å². The Bertz CT molecular complexity index is 606. The Morgan fingerprint density at radius 3 is 2.82 bits per heavy atom. The van der Waals surface area contributed by atoms with Gasteiger partial charge in [-0.1, -0.05) is 12.1 Å². The number of piperazine rings is 1. The number of oxime groups is 1. The fourth-order valence-electron chi connectivity index (χ4n) is 2.87. The number of nitrogens with one attached hydrogen (secondary N) is 1. The predicted octanol–water partition coefficient (Wildman–Crippen LogP) is 0.0290. The molecule has 1 saturated heterocycles. The molecule has 2 aliphatic heterocycles. The zero-order valence-corrected chi connectivity index (χ0v) is 12.8. The average Bonchev–Trinajstić information content (AvgIpc) is 2.95. The number of nitrogens with zero attached hydrogens (tertiary/aromatic N) is 4. The molecule has 3 N–H and O–H groups in total. The Balaban J connectivity index is 1.51. The van der Waals surface area contributed by atoms with Crippen molar-refractivity contribution in [3.8, 4) is 0 Å². The minimum absolute atomic E-state index is 0.161. The van der Waals surface area contributed by atoms with E-state index in [1.807, 2.05) is 0 Å². The van der Waals surface area contributed by atoms with Crippen molar-refractivity contribution in [2.45, 2.75) is 25.9 Å². The maximum absolute atomic E-state index is 11.5. The summed E-state index contributed by atoms with van der Waals surface area (Å²) in [6.45, 7) is 6.47. The second-order valence-electron chi connectivity index (χ2n) is 5.72. The highest BCUT2D eigenvalue weighted by atomic mass is 16.6. The van der Waals surface area contributed by atoms with E-state index in [9.17, 15) is 4.79 Å². The highest BCUT2D eigenvalue weighted by molar-refractivity contribution is 5.85. The lowest BCUT2D eigenvalue weighted by molar-refractivity contribution is 0.0510. The molecule has 0 radical (unpaired) electrons. The number of nitrogen functional groups attached to an aromatic ring is 1. The van der Waals surface area contributed by atoms with E-state index < -0.39 is 0 Å². The molecular formula is C14H22N6O2. The molecule has 1 aromatic heterocycles. The molecule has 0 saturated carbocycles. The molecule has 1 aromatic rings. The molecule has 1 fully saturated rings. The Hall–Kier alpha value is -2.09. The zero-order valence-electron chi connectivity index (χ0n) is 12.8. The fraction of sp³-hybridized carbons (Fsp3) is 0.643. The second kappa shape index (κ2) is 6.35. The maximum Gasteiger partial charge on any atom is 0.254 e. The first-order chi connectivity index (χ1) is 10.6. The SMILES string of the molecule is CCC1=NO[C@@H](CN2CCN(c3cc(=O)[nH]c(N)n3)CC2)C1. The number of aromatic nitrogens is 2. The molecule has 3 rings (SSSR count). The monoisotopic (exact) mass is 306 g/mol. The van der Waals surface area contributed by atoms with Crippen LogP contribution in [0.25, 0.3) is 0 Å². The maximum atomic E-state index is 11.5. The van der Waals surface area contributed by atoms with Gasteiger partial charge < -0.3 is 15.5 Å². The minimum Gasteiger partial charge on any atom is -0.391 e. The molecular weight excluding hydrogens is 284 g/mol. The predicted molar refractivity (Wildman–Crippen MR) is 85.1 cm³/mol. The van der Waals surface area contributed by atoms with Crippen LogP contribution in [0, 0.1) is 0 Å². The van der Waals surface area contributed by atoms with Crippen molar-refractivity contribution in [3.05, 3.63) is 16.4 Å². The summed E-state index contributed by atoms with van der Waals surface area (Å²) >= 11 is 0. The van der Waals surface area contributed by atoms with Crippen LogP contribution in [0.3, 0.4) is 0 Å². The summed E-state index contributed by atoms with van der Waals surface area (Å²) < 4.78 is 0. The largest absolute Gasteiger partial charge is 0.391 e. The number of nitrogens with two attached hydrogens (primary N) is 1. The Labute approximate surface area is 128 Å². The number of hydrogen-bond acceptors (Lipinski definition) is 7. The highest BCUT2D eigenvalue weighted by Gasteiger charge is 2.25. The van der Waals surface area contributed by atoms with E-state index in [1.54, 1.807) is 0 Å². The molecule has 0 amide bonds. The van der Waals surface area contributed by atoms with E-state index in [-0.39, 0.29) is 17.6 Å². The first-order valence-electron chi connectivity index (χ1n) is 7.69. The topological polar surface area (TPSA) is 99.8 Å². The lowest BCUT2D eigenvalue weighted by Crippen LogP contribution is -2.49. The van der Waals surface area contributed by atoms with Gasteiger partial charge in [-0.25, -0.2) is 0 Å². The van der Waals surface area contributed by atoms with Gasteiger partial charge in [-0.2, -0.15) is 4.98 Å². The van der Waals surface area contributed by atoms with Crippen LogP contribution >= 0.6 is 0 Å². The molecule has 22 heavy (non-hydrogen) atoms. The summed E-state index contributed by atoms with van der Waals surface area (Å²) in [6.07, 6.45) is 2.07. The molecule has 1 atom stereocenters. The third-order valence-corrected chi connectivity index (χ3v) is 4.11. The Morgan fingerprint density at radius 2 is 2.18 bits per heavy atom. The van der Waals surface area contributed by atoms with Crippen molar-refractivity contribution in [3.63, 3.8) is 0 Å². The van der Waals surface area contributed by atoms with Crippen LogP contribution in [0.1, 0.15) is 19.8 Å². The van der Waals surface area contributed by atoms with Crippen LogP contribution in [-0.4, -0.2) is 59.4 Å². The van der Waals surface area contributed by atoms with Gasteiger partial charge in [0.05, 0.1) is 5.71 Å². The molecule has 0 aromatic carbocycles. The molecule has 0 bridgehead atoms. The summed E-state index contributed by atoms with van der Waals surface area (Å²) in [4.78, 5) is 28.0. The van der Waals surface area contributed by atoms with Crippen molar-refractivity contribution >= 4 is 17.5 Å². The third-order valence-electron chi connectivity index (χ3n) is 4.11. The second-order valence-corrected chi connectivity index (χ2v) is 5.72. The van der Waals surface area contributed by atoms with Crippen molar-refractivity contribution in [2.24, 2.45) is 5.16 Å². The lowest BCUT2D eigenvalue weighted by atomic mass is 10.1. The number of rotatable bonds is 4. The number of anilines is 2. The molecule has 8 heteroatoms. The Morgan fingerprint density at radius 1 is 1.41 bits per heavy atom. The molecule has 0 spiro atoms. The van der Waals surface area contributed by atoms with Gasteiger partial charge in [-0.15, -0.1) is 0 Å². The van der Waals surface area contributed by atoms with Gasteiger partial charge >= 0.3 is 0 Å². The van der Waals surface area contributed by atoms with Gasteiger partial charge in [0.2, 0.25) is 5.95 Å². The summed E-state index contributed by atoms with van der Waals surface area (Å²) in [5, 5.41) is 4.10. The van der Waals surface area contributed by atoms with E-state index in [2.05, 4.69) is 31.8 Å². The smallest absolute Gasteiger partial charge is 0.254 e. The van der Waals surface area contributed by atoms with Crippen molar-refractivity contribution < 1.29 is 4.84 Å². The van der Waals surface area contributed by atoms with Crippen LogP contribution in [0.2, 0.25) is 0 Å². The van der Waals surface area contributed by atoms with Gasteiger partial charge in [0.25, 0.3) is 5.56 Å². The first-order valence-corrected chi connectivity index (χ1v) is 7.69. The van der Waals surface area contributed by atoms with E-state index in [4.69, 9.17) is 10.6 Å². The number of aromatic amines is 1. The van der Waals surface area contributed by atoms with E-state index in [1.165, 1.54) is 6.07 Å². The zero-order chi connectivity index (χ0) is 15.5. The van der Waals surface area contributed by atoms with Gasteiger partial charge in [-0.05, 0) is 6.42 Å². The molecule has 3 heterocycles. The van der Waals surface area contributed by atoms with Gasteiger partial charge in [0, 0.05) is 45.2 Å². The summed E-state index contributed by atoms with van der Waals surface area (Å²) in [5.74, 6) is 0.808. The van der Waals surface area contributed by atoms with Crippen LogP contribution in [0.4, 0.5) is 11.8 Å². The molecule has 0 unspecified atom stereocenters. The molecule has 2 aliphatic rings.